The summed E-state index contributed by atoms with van der Waals surface area (Å²) in [6.45, 7) is 4.12. The maximum Gasteiger partial charge on any atom is 0.249 e. The van der Waals surface area contributed by atoms with Crippen LogP contribution in [0.1, 0.15) is 174 Å². The summed E-state index contributed by atoms with van der Waals surface area (Å²) >= 11 is 0. The quantitative estimate of drug-likeness (QED) is 0.0349. The Bertz CT molecular complexity index is 675. The number of hydrogen-bond donors (Lipinski definition) is 4. The van der Waals surface area contributed by atoms with Gasteiger partial charge in [-0.25, -0.2) is 0 Å². The standard InChI is InChI=1S/C38H71NO4/c1-3-5-7-9-11-13-15-16-17-18-19-20-21-23-25-27-29-31-33-37(42)38(43)39-35(34-40)36(41)32-30-28-26-24-22-14-12-10-8-6-4-2/h11,13,15-16,30,32,35-37,40-42H,3-10,12,14,17-29,31,33-34H2,1-2H3,(H,39,43)/b13-11-,16-15-,32-30+. The lowest BCUT2D eigenvalue weighted by Gasteiger charge is -2.21. The molecule has 0 saturated heterocycles. The number of unbranched alkanes of at least 4 members (excludes halogenated alkanes) is 21. The molecule has 0 bridgehead atoms. The molecule has 0 aliphatic heterocycles. The third-order valence-corrected chi connectivity index (χ3v) is 8.25. The molecular formula is C38H71NO4. The number of nitrogens with one attached hydrogen (secondary N) is 1. The number of carbonyl (C=O) groups excluding carboxylic acids is 1. The number of aliphatic hydroxyl groups excluding tert-OH is 3. The van der Waals surface area contributed by atoms with Crippen LogP contribution in [-0.2, 0) is 4.79 Å². The Morgan fingerprint density at radius 1 is 0.581 bits per heavy atom. The second-order valence-corrected chi connectivity index (χ2v) is 12.5. The summed E-state index contributed by atoms with van der Waals surface area (Å²) in [6.07, 6.45) is 40.1. The zero-order valence-corrected chi connectivity index (χ0v) is 28.3. The molecule has 5 heteroatoms. The minimum Gasteiger partial charge on any atom is -0.394 e. The van der Waals surface area contributed by atoms with Gasteiger partial charge in [-0.1, -0.05) is 166 Å². The Labute approximate surface area is 266 Å². The van der Waals surface area contributed by atoms with E-state index in [0.29, 0.717) is 6.42 Å². The Morgan fingerprint density at radius 3 is 1.47 bits per heavy atom. The van der Waals surface area contributed by atoms with Gasteiger partial charge < -0.3 is 20.6 Å². The summed E-state index contributed by atoms with van der Waals surface area (Å²) in [5.41, 5.74) is 0. The second kappa shape index (κ2) is 33.5. The molecule has 0 spiro atoms. The van der Waals surface area contributed by atoms with Crippen molar-refractivity contribution in [1.82, 2.24) is 5.32 Å². The molecule has 0 aliphatic rings. The zero-order chi connectivity index (χ0) is 31.6. The molecule has 0 aromatic carbocycles. The van der Waals surface area contributed by atoms with E-state index in [-0.39, 0.29) is 6.61 Å². The third-order valence-electron chi connectivity index (χ3n) is 8.25. The van der Waals surface area contributed by atoms with Gasteiger partial charge in [0, 0.05) is 0 Å². The molecule has 4 N–H and O–H groups in total. The number of rotatable bonds is 32. The van der Waals surface area contributed by atoms with Gasteiger partial charge in [0.1, 0.15) is 6.10 Å². The highest BCUT2D eigenvalue weighted by atomic mass is 16.3. The van der Waals surface area contributed by atoms with Gasteiger partial charge in [-0.05, 0) is 44.9 Å². The van der Waals surface area contributed by atoms with Crippen LogP contribution in [0.4, 0.5) is 0 Å². The Balaban J connectivity index is 3.74. The van der Waals surface area contributed by atoms with Gasteiger partial charge in [0.25, 0.3) is 0 Å². The van der Waals surface area contributed by atoms with Crippen LogP contribution in [0.3, 0.4) is 0 Å². The molecule has 0 fully saturated rings. The van der Waals surface area contributed by atoms with Crippen molar-refractivity contribution in [3.05, 3.63) is 36.5 Å². The van der Waals surface area contributed by atoms with Crippen LogP contribution in [0, 0.1) is 0 Å². The summed E-state index contributed by atoms with van der Waals surface area (Å²) in [5.74, 6) is -0.511. The Morgan fingerprint density at radius 2 is 0.977 bits per heavy atom. The Hall–Kier alpha value is -1.43. The SMILES string of the molecule is CCCCC/C=C\C=C/CCCCCCCCCCCC(O)C(=O)NC(CO)C(O)/C=C/CCCCCCCCCCC. The first-order chi connectivity index (χ1) is 21.1. The number of hydrogen-bond acceptors (Lipinski definition) is 4. The summed E-state index contributed by atoms with van der Waals surface area (Å²) in [7, 11) is 0. The van der Waals surface area contributed by atoms with Gasteiger partial charge in [-0.3, -0.25) is 4.79 Å². The Kier molecular flexibility index (Phi) is 32.3. The third kappa shape index (κ3) is 29.1. The molecule has 3 atom stereocenters. The van der Waals surface area contributed by atoms with E-state index in [4.69, 9.17) is 0 Å². The summed E-state index contributed by atoms with van der Waals surface area (Å²) in [4.78, 5) is 12.4. The van der Waals surface area contributed by atoms with Crippen molar-refractivity contribution in [3.8, 4) is 0 Å². The van der Waals surface area contributed by atoms with Gasteiger partial charge in [0.15, 0.2) is 0 Å². The van der Waals surface area contributed by atoms with E-state index in [9.17, 15) is 20.1 Å². The fourth-order valence-electron chi connectivity index (χ4n) is 5.29. The molecule has 0 aliphatic carbocycles. The van der Waals surface area contributed by atoms with Gasteiger partial charge in [0.05, 0.1) is 18.8 Å². The van der Waals surface area contributed by atoms with E-state index in [1.54, 1.807) is 6.08 Å². The highest BCUT2D eigenvalue weighted by molar-refractivity contribution is 5.80. The van der Waals surface area contributed by atoms with Crippen LogP contribution in [-0.4, -0.2) is 46.1 Å². The van der Waals surface area contributed by atoms with Gasteiger partial charge in [-0.2, -0.15) is 0 Å². The van der Waals surface area contributed by atoms with Crippen molar-refractivity contribution < 1.29 is 20.1 Å². The van der Waals surface area contributed by atoms with E-state index in [1.807, 2.05) is 6.08 Å². The van der Waals surface area contributed by atoms with Crippen LogP contribution >= 0.6 is 0 Å². The zero-order valence-electron chi connectivity index (χ0n) is 28.3. The number of aliphatic hydroxyl groups is 3. The first-order valence-corrected chi connectivity index (χ1v) is 18.3. The van der Waals surface area contributed by atoms with Crippen molar-refractivity contribution in [2.24, 2.45) is 0 Å². The first-order valence-electron chi connectivity index (χ1n) is 18.3. The average Bonchev–Trinajstić information content (AvgIpc) is 3.01. The fraction of sp³-hybridized carbons (Fsp3) is 0.816. The smallest absolute Gasteiger partial charge is 0.249 e. The van der Waals surface area contributed by atoms with E-state index in [2.05, 4.69) is 43.5 Å². The maximum absolute atomic E-state index is 12.4. The molecule has 0 rings (SSSR count). The molecule has 5 nitrogen and oxygen atoms in total. The van der Waals surface area contributed by atoms with Crippen molar-refractivity contribution in [1.29, 1.82) is 0 Å². The summed E-state index contributed by atoms with van der Waals surface area (Å²) in [6, 6.07) is -0.797. The maximum atomic E-state index is 12.4. The van der Waals surface area contributed by atoms with Crippen molar-refractivity contribution >= 4 is 5.91 Å². The van der Waals surface area contributed by atoms with Crippen LogP contribution < -0.4 is 5.32 Å². The highest BCUT2D eigenvalue weighted by Gasteiger charge is 2.22. The van der Waals surface area contributed by atoms with E-state index in [1.165, 1.54) is 122 Å². The molecule has 3 unspecified atom stereocenters. The molecule has 0 heterocycles. The van der Waals surface area contributed by atoms with E-state index in [0.717, 1.165) is 32.1 Å². The van der Waals surface area contributed by atoms with Gasteiger partial charge in [-0.15, -0.1) is 0 Å². The summed E-state index contributed by atoms with van der Waals surface area (Å²) in [5, 5.41) is 32.9. The number of amides is 1. The van der Waals surface area contributed by atoms with Gasteiger partial charge >= 0.3 is 0 Å². The number of carbonyl (C=O) groups is 1. The monoisotopic (exact) mass is 606 g/mol. The molecule has 1 amide bonds. The lowest BCUT2D eigenvalue weighted by atomic mass is 10.0. The van der Waals surface area contributed by atoms with Crippen molar-refractivity contribution in [2.75, 3.05) is 6.61 Å². The molecule has 43 heavy (non-hydrogen) atoms. The van der Waals surface area contributed by atoms with Crippen molar-refractivity contribution in [3.63, 3.8) is 0 Å². The second-order valence-electron chi connectivity index (χ2n) is 12.5. The molecule has 252 valence electrons. The molecule has 0 aromatic heterocycles. The molecular weight excluding hydrogens is 534 g/mol. The molecule has 0 aromatic rings. The fourth-order valence-corrected chi connectivity index (χ4v) is 5.29. The van der Waals surface area contributed by atoms with Gasteiger partial charge in [0.2, 0.25) is 5.91 Å². The predicted molar refractivity (Wildman–Crippen MR) is 185 cm³/mol. The largest absolute Gasteiger partial charge is 0.394 e. The number of allylic oxidation sites excluding steroid dienone is 5. The van der Waals surface area contributed by atoms with Crippen LogP contribution in [0.15, 0.2) is 36.5 Å². The molecule has 0 radical (unpaired) electrons. The van der Waals surface area contributed by atoms with Crippen LogP contribution in [0.25, 0.3) is 0 Å². The minimum atomic E-state index is -1.10. The topological polar surface area (TPSA) is 89.8 Å². The lowest BCUT2D eigenvalue weighted by molar-refractivity contribution is -0.131. The predicted octanol–water partition coefficient (Wildman–Crippen LogP) is 9.65. The van der Waals surface area contributed by atoms with E-state index < -0.39 is 24.2 Å². The van der Waals surface area contributed by atoms with Crippen LogP contribution in [0.2, 0.25) is 0 Å². The van der Waals surface area contributed by atoms with Crippen molar-refractivity contribution in [2.45, 2.75) is 193 Å². The van der Waals surface area contributed by atoms with E-state index >= 15 is 0 Å². The lowest BCUT2D eigenvalue weighted by Crippen LogP contribution is -2.48. The average molecular weight is 606 g/mol. The molecule has 0 saturated carbocycles. The minimum absolute atomic E-state index is 0.366. The summed E-state index contributed by atoms with van der Waals surface area (Å²) < 4.78 is 0. The highest BCUT2D eigenvalue weighted by Crippen LogP contribution is 2.13. The first kappa shape index (κ1) is 41.6. The van der Waals surface area contributed by atoms with Crippen LogP contribution in [0.5, 0.6) is 0 Å². The normalized spacial score (nSPS) is 14.3.